The van der Waals surface area contributed by atoms with E-state index in [1.54, 1.807) is 18.5 Å². The summed E-state index contributed by atoms with van der Waals surface area (Å²) in [7, 11) is 0. The first-order valence-electron chi connectivity index (χ1n) is 5.49. The van der Waals surface area contributed by atoms with E-state index in [1.807, 2.05) is 26.0 Å². The van der Waals surface area contributed by atoms with Crippen molar-refractivity contribution >= 4 is 27.3 Å². The van der Waals surface area contributed by atoms with Crippen LogP contribution in [-0.4, -0.2) is 4.98 Å². The Morgan fingerprint density at radius 1 is 1.28 bits per heavy atom. The molecule has 0 aliphatic heterocycles. The van der Waals surface area contributed by atoms with Gasteiger partial charge in [-0.25, -0.2) is 0 Å². The zero-order valence-corrected chi connectivity index (χ0v) is 11.7. The molecule has 0 saturated carbocycles. The molecule has 2 rings (SSSR count). The molecule has 2 aromatic rings. The van der Waals surface area contributed by atoms with E-state index in [1.165, 1.54) is 0 Å². The van der Waals surface area contributed by atoms with Gasteiger partial charge >= 0.3 is 0 Å². The van der Waals surface area contributed by atoms with Gasteiger partial charge in [-0.3, -0.25) is 4.98 Å². The molecule has 3 nitrogen and oxygen atoms in total. The van der Waals surface area contributed by atoms with Crippen LogP contribution in [0, 0.1) is 25.2 Å². The van der Waals surface area contributed by atoms with E-state index in [-0.39, 0.29) is 0 Å². The van der Waals surface area contributed by atoms with Crippen LogP contribution in [-0.2, 0) is 0 Å². The number of pyridine rings is 1. The zero-order valence-electron chi connectivity index (χ0n) is 10.2. The minimum atomic E-state index is 0.586. The van der Waals surface area contributed by atoms with Crippen LogP contribution in [0.3, 0.4) is 0 Å². The molecule has 0 atom stereocenters. The highest BCUT2D eigenvalue weighted by atomic mass is 79.9. The monoisotopic (exact) mass is 301 g/mol. The van der Waals surface area contributed by atoms with Crippen molar-refractivity contribution in [3.8, 4) is 6.07 Å². The summed E-state index contributed by atoms with van der Waals surface area (Å²) < 4.78 is 1.11. The maximum atomic E-state index is 9.02. The van der Waals surface area contributed by atoms with Gasteiger partial charge in [0.05, 0.1) is 17.4 Å². The molecule has 0 aliphatic rings. The third-order valence-corrected chi connectivity index (χ3v) is 3.91. The van der Waals surface area contributed by atoms with Crippen molar-refractivity contribution in [2.45, 2.75) is 13.8 Å². The number of rotatable bonds is 2. The van der Waals surface area contributed by atoms with Crippen LogP contribution >= 0.6 is 15.9 Å². The van der Waals surface area contributed by atoms with Crippen LogP contribution < -0.4 is 5.32 Å². The highest BCUT2D eigenvalue weighted by molar-refractivity contribution is 9.10. The highest BCUT2D eigenvalue weighted by Gasteiger charge is 2.05. The van der Waals surface area contributed by atoms with E-state index in [2.05, 4.69) is 32.3 Å². The molecule has 1 aromatic heterocycles. The van der Waals surface area contributed by atoms with Gasteiger partial charge in [-0.15, -0.1) is 0 Å². The maximum Gasteiger partial charge on any atom is 0.101 e. The molecular weight excluding hydrogens is 290 g/mol. The highest BCUT2D eigenvalue weighted by Crippen LogP contribution is 2.27. The summed E-state index contributed by atoms with van der Waals surface area (Å²) in [6.45, 7) is 4.08. The molecule has 0 saturated heterocycles. The van der Waals surface area contributed by atoms with Gasteiger partial charge in [-0.2, -0.15) is 5.26 Å². The molecule has 0 amide bonds. The van der Waals surface area contributed by atoms with Gasteiger partial charge in [0.25, 0.3) is 0 Å². The Morgan fingerprint density at radius 2 is 1.94 bits per heavy atom. The predicted octanol–water partition coefficient (Wildman–Crippen LogP) is 4.08. The van der Waals surface area contributed by atoms with Crippen LogP contribution in [0.25, 0.3) is 0 Å². The average Bonchev–Trinajstić information content (AvgIpc) is 2.36. The van der Waals surface area contributed by atoms with E-state index < -0.39 is 0 Å². The SMILES string of the molecule is Cc1cc(Nc2cnccc2C#N)cc(C)c1Br. The first-order valence-corrected chi connectivity index (χ1v) is 6.29. The maximum absolute atomic E-state index is 9.02. The molecule has 0 unspecified atom stereocenters. The van der Waals surface area contributed by atoms with E-state index in [0.29, 0.717) is 5.56 Å². The lowest BCUT2D eigenvalue weighted by Gasteiger charge is -2.11. The Kier molecular flexibility index (Phi) is 3.63. The molecule has 0 bridgehead atoms. The summed E-state index contributed by atoms with van der Waals surface area (Å²) >= 11 is 3.53. The Labute approximate surface area is 115 Å². The Hall–Kier alpha value is -1.86. The molecule has 0 spiro atoms. The summed E-state index contributed by atoms with van der Waals surface area (Å²) in [5, 5.41) is 12.3. The van der Waals surface area contributed by atoms with Gasteiger partial charge in [0, 0.05) is 16.4 Å². The largest absolute Gasteiger partial charge is 0.353 e. The minimum Gasteiger partial charge on any atom is -0.353 e. The first-order chi connectivity index (χ1) is 8.61. The van der Waals surface area contributed by atoms with Gasteiger partial charge in [-0.1, -0.05) is 15.9 Å². The third-order valence-electron chi connectivity index (χ3n) is 2.66. The van der Waals surface area contributed by atoms with E-state index >= 15 is 0 Å². The molecule has 1 aromatic carbocycles. The molecule has 1 N–H and O–H groups in total. The van der Waals surface area contributed by atoms with Crippen molar-refractivity contribution in [2.24, 2.45) is 0 Å². The lowest BCUT2D eigenvalue weighted by atomic mass is 10.1. The van der Waals surface area contributed by atoms with Gasteiger partial charge in [0.15, 0.2) is 0 Å². The van der Waals surface area contributed by atoms with Gasteiger partial charge in [0.1, 0.15) is 6.07 Å². The molecular formula is C14H12BrN3. The normalized spacial score (nSPS) is 9.89. The lowest BCUT2D eigenvalue weighted by Crippen LogP contribution is -1.96. The number of nitrogens with one attached hydrogen (secondary N) is 1. The van der Waals surface area contributed by atoms with Crippen LogP contribution in [0.1, 0.15) is 16.7 Å². The first kappa shape index (κ1) is 12.6. The summed E-state index contributed by atoms with van der Waals surface area (Å²) in [6, 6.07) is 7.91. The van der Waals surface area contributed by atoms with Crippen LogP contribution in [0.2, 0.25) is 0 Å². The fourth-order valence-electron chi connectivity index (χ4n) is 1.77. The fourth-order valence-corrected chi connectivity index (χ4v) is 1.99. The van der Waals surface area contributed by atoms with Crippen molar-refractivity contribution in [1.29, 1.82) is 5.26 Å². The van der Waals surface area contributed by atoms with E-state index in [0.717, 1.165) is 27.0 Å². The average molecular weight is 302 g/mol. The lowest BCUT2D eigenvalue weighted by molar-refractivity contribution is 1.29. The minimum absolute atomic E-state index is 0.586. The number of hydrogen-bond acceptors (Lipinski definition) is 3. The van der Waals surface area contributed by atoms with E-state index in [9.17, 15) is 0 Å². The molecule has 18 heavy (non-hydrogen) atoms. The van der Waals surface area contributed by atoms with Crippen molar-refractivity contribution in [2.75, 3.05) is 5.32 Å². The number of anilines is 2. The molecule has 1 heterocycles. The van der Waals surface area contributed by atoms with Gasteiger partial charge in [-0.05, 0) is 43.2 Å². The second kappa shape index (κ2) is 5.19. The molecule has 0 radical (unpaired) electrons. The number of aromatic nitrogens is 1. The smallest absolute Gasteiger partial charge is 0.101 e. The molecule has 4 heteroatoms. The van der Waals surface area contributed by atoms with E-state index in [4.69, 9.17) is 5.26 Å². The third kappa shape index (κ3) is 2.52. The van der Waals surface area contributed by atoms with Crippen LogP contribution in [0.4, 0.5) is 11.4 Å². The number of benzene rings is 1. The Balaban J connectivity index is 2.38. The second-order valence-corrected chi connectivity index (χ2v) is 4.88. The Bertz CT molecular complexity index is 606. The number of nitriles is 1. The number of aryl methyl sites for hydroxylation is 2. The summed E-state index contributed by atoms with van der Waals surface area (Å²) in [6.07, 6.45) is 3.27. The quantitative estimate of drug-likeness (QED) is 0.909. The second-order valence-electron chi connectivity index (χ2n) is 4.08. The molecule has 0 fully saturated rings. The fraction of sp³-hybridized carbons (Fsp3) is 0.143. The number of hydrogen-bond donors (Lipinski definition) is 1. The Morgan fingerprint density at radius 3 is 2.56 bits per heavy atom. The van der Waals surface area contributed by atoms with Crippen molar-refractivity contribution in [3.63, 3.8) is 0 Å². The standard InChI is InChI=1S/C14H12BrN3/c1-9-5-12(6-10(2)14(9)15)18-13-8-17-4-3-11(13)7-16/h3-6,8,18H,1-2H3. The zero-order chi connectivity index (χ0) is 13.1. The summed E-state index contributed by atoms with van der Waals surface area (Å²) in [5.41, 5.74) is 4.57. The molecule has 0 aliphatic carbocycles. The van der Waals surface area contributed by atoms with Gasteiger partial charge in [0.2, 0.25) is 0 Å². The van der Waals surface area contributed by atoms with Crippen molar-refractivity contribution < 1.29 is 0 Å². The summed E-state index contributed by atoms with van der Waals surface area (Å²) in [5.74, 6) is 0. The molecule has 90 valence electrons. The topological polar surface area (TPSA) is 48.7 Å². The number of halogens is 1. The van der Waals surface area contributed by atoms with Crippen LogP contribution in [0.15, 0.2) is 35.1 Å². The number of nitrogens with zero attached hydrogens (tertiary/aromatic N) is 2. The van der Waals surface area contributed by atoms with Crippen molar-refractivity contribution in [1.82, 2.24) is 4.98 Å². The van der Waals surface area contributed by atoms with Crippen LogP contribution in [0.5, 0.6) is 0 Å². The predicted molar refractivity (Wildman–Crippen MR) is 75.9 cm³/mol. The van der Waals surface area contributed by atoms with Crippen molar-refractivity contribution in [3.05, 3.63) is 51.8 Å². The van der Waals surface area contributed by atoms with Gasteiger partial charge < -0.3 is 5.32 Å². The summed E-state index contributed by atoms with van der Waals surface area (Å²) in [4.78, 5) is 4.03.